The summed E-state index contributed by atoms with van der Waals surface area (Å²) in [5.74, 6) is 1.33. The zero-order valence-electron chi connectivity index (χ0n) is 9.82. The predicted octanol–water partition coefficient (Wildman–Crippen LogP) is 2.69. The van der Waals surface area contributed by atoms with Crippen molar-refractivity contribution in [1.29, 1.82) is 0 Å². The van der Waals surface area contributed by atoms with Crippen LogP contribution in [0.25, 0.3) is 0 Å². The van der Waals surface area contributed by atoms with Gasteiger partial charge >= 0.3 is 0 Å². The number of hydrogen-bond acceptors (Lipinski definition) is 4. The molecule has 0 aromatic carbocycles. The molecule has 7 heteroatoms. The molecule has 1 aromatic heterocycles. The molecule has 0 radical (unpaired) electrons. The largest absolute Gasteiger partial charge is 0.396 e. The molecule has 0 aliphatic carbocycles. The Labute approximate surface area is 120 Å². The van der Waals surface area contributed by atoms with Gasteiger partial charge in [-0.3, -0.25) is 4.79 Å². The lowest BCUT2D eigenvalue weighted by atomic mass is 10.2. The van der Waals surface area contributed by atoms with Crippen LogP contribution >= 0.6 is 35.0 Å². The first-order valence-electron chi connectivity index (χ1n) is 5.32. The monoisotopic (exact) mass is 308 g/mol. The van der Waals surface area contributed by atoms with Gasteiger partial charge in [0, 0.05) is 12.8 Å². The predicted molar refractivity (Wildman–Crippen MR) is 76.5 cm³/mol. The number of halogens is 2. The summed E-state index contributed by atoms with van der Waals surface area (Å²) in [7, 11) is 0. The van der Waals surface area contributed by atoms with Crippen LogP contribution in [0.3, 0.4) is 0 Å². The summed E-state index contributed by atoms with van der Waals surface area (Å²) in [6.07, 6.45) is 1.42. The van der Waals surface area contributed by atoms with Gasteiger partial charge in [0.05, 0.1) is 15.8 Å². The van der Waals surface area contributed by atoms with Gasteiger partial charge in [-0.05, 0) is 17.7 Å². The van der Waals surface area contributed by atoms with Crippen LogP contribution in [-0.4, -0.2) is 34.1 Å². The molecule has 1 atom stereocenters. The van der Waals surface area contributed by atoms with Crippen LogP contribution in [0, 0.1) is 5.92 Å². The molecule has 100 valence electrons. The van der Waals surface area contributed by atoms with E-state index in [0.717, 1.165) is 5.75 Å². The van der Waals surface area contributed by atoms with Crippen molar-refractivity contribution >= 4 is 46.7 Å². The third-order valence-electron chi connectivity index (χ3n) is 2.01. The van der Waals surface area contributed by atoms with E-state index in [0.29, 0.717) is 21.6 Å². The van der Waals surface area contributed by atoms with Crippen molar-refractivity contribution in [3.63, 3.8) is 0 Å². The van der Waals surface area contributed by atoms with Crippen molar-refractivity contribution in [2.45, 2.75) is 6.92 Å². The zero-order chi connectivity index (χ0) is 13.5. The average Bonchev–Trinajstić information content (AvgIpc) is 2.32. The number of carbonyl (C=O) groups is 1. The van der Waals surface area contributed by atoms with Gasteiger partial charge in [0.1, 0.15) is 0 Å². The number of anilines is 1. The van der Waals surface area contributed by atoms with E-state index in [4.69, 9.17) is 28.3 Å². The Kier molecular flexibility index (Phi) is 6.78. The van der Waals surface area contributed by atoms with Gasteiger partial charge in [-0.15, -0.1) is 0 Å². The molecular weight excluding hydrogens is 295 g/mol. The van der Waals surface area contributed by atoms with Crippen LogP contribution in [0.2, 0.25) is 10.0 Å². The fourth-order valence-corrected chi connectivity index (χ4v) is 2.39. The smallest absolute Gasteiger partial charge is 0.235 e. The van der Waals surface area contributed by atoms with Gasteiger partial charge in [0.2, 0.25) is 5.91 Å². The Bertz CT molecular complexity index is 418. The summed E-state index contributed by atoms with van der Waals surface area (Å²) in [5, 5.41) is 12.2. The van der Waals surface area contributed by atoms with Gasteiger partial charge in [-0.25, -0.2) is 4.98 Å². The molecule has 0 saturated carbocycles. The maximum absolute atomic E-state index is 11.6. The van der Waals surface area contributed by atoms with E-state index in [2.05, 4.69) is 10.3 Å². The van der Waals surface area contributed by atoms with Crippen LogP contribution in [0.4, 0.5) is 5.82 Å². The first-order valence-corrected chi connectivity index (χ1v) is 7.23. The Hall–Kier alpha value is -0.490. The molecule has 0 spiro atoms. The molecule has 1 amide bonds. The number of pyridine rings is 1. The Morgan fingerprint density at radius 2 is 2.33 bits per heavy atom. The summed E-state index contributed by atoms with van der Waals surface area (Å²) >= 11 is 13.0. The van der Waals surface area contributed by atoms with Crippen LogP contribution in [0.15, 0.2) is 12.3 Å². The van der Waals surface area contributed by atoms with Crippen molar-refractivity contribution in [1.82, 2.24) is 4.98 Å². The highest BCUT2D eigenvalue weighted by atomic mass is 35.5. The Morgan fingerprint density at radius 3 is 2.94 bits per heavy atom. The van der Waals surface area contributed by atoms with Gasteiger partial charge in [-0.1, -0.05) is 30.1 Å². The molecule has 0 saturated heterocycles. The first kappa shape index (κ1) is 15.6. The fraction of sp³-hybridized carbons (Fsp3) is 0.455. The summed E-state index contributed by atoms with van der Waals surface area (Å²) in [5.41, 5.74) is 0. The minimum atomic E-state index is -0.179. The number of nitrogens with one attached hydrogen (secondary N) is 1. The molecule has 1 unspecified atom stereocenters. The highest BCUT2D eigenvalue weighted by Crippen LogP contribution is 2.22. The number of aliphatic hydroxyl groups is 1. The summed E-state index contributed by atoms with van der Waals surface area (Å²) in [6, 6.07) is 1.52. The number of aliphatic hydroxyl groups excluding tert-OH is 1. The second-order valence-corrected chi connectivity index (χ2v) is 5.71. The first-order chi connectivity index (χ1) is 8.52. The van der Waals surface area contributed by atoms with Crippen LogP contribution in [-0.2, 0) is 4.79 Å². The molecule has 0 fully saturated rings. The van der Waals surface area contributed by atoms with Crippen LogP contribution in [0.5, 0.6) is 0 Å². The lowest BCUT2D eigenvalue weighted by molar-refractivity contribution is -0.113. The highest BCUT2D eigenvalue weighted by Gasteiger charge is 2.08. The van der Waals surface area contributed by atoms with Gasteiger partial charge in [-0.2, -0.15) is 11.8 Å². The van der Waals surface area contributed by atoms with E-state index in [-0.39, 0.29) is 18.4 Å². The number of nitrogens with zero attached hydrogens (tertiary/aromatic N) is 1. The van der Waals surface area contributed by atoms with Crippen LogP contribution < -0.4 is 5.32 Å². The summed E-state index contributed by atoms with van der Waals surface area (Å²) < 4.78 is 0. The van der Waals surface area contributed by atoms with Crippen molar-refractivity contribution in [2.75, 3.05) is 23.4 Å². The van der Waals surface area contributed by atoms with Crippen LogP contribution in [0.1, 0.15) is 6.92 Å². The highest BCUT2D eigenvalue weighted by molar-refractivity contribution is 7.99. The lowest BCUT2D eigenvalue weighted by Crippen LogP contribution is -2.16. The van der Waals surface area contributed by atoms with Crippen molar-refractivity contribution in [3.05, 3.63) is 22.3 Å². The summed E-state index contributed by atoms with van der Waals surface area (Å²) in [6.45, 7) is 2.04. The van der Waals surface area contributed by atoms with E-state index < -0.39 is 0 Å². The molecule has 1 heterocycles. The van der Waals surface area contributed by atoms with Gasteiger partial charge in [0.15, 0.2) is 5.82 Å². The number of thioether (sulfide) groups is 1. The second-order valence-electron chi connectivity index (χ2n) is 3.84. The van der Waals surface area contributed by atoms with Gasteiger partial charge in [0.25, 0.3) is 0 Å². The fourth-order valence-electron chi connectivity index (χ4n) is 1.08. The van der Waals surface area contributed by atoms with E-state index in [1.807, 2.05) is 6.92 Å². The lowest BCUT2D eigenvalue weighted by Gasteiger charge is -2.08. The normalized spacial score (nSPS) is 12.2. The van der Waals surface area contributed by atoms with E-state index in [1.54, 1.807) is 0 Å². The average molecular weight is 309 g/mol. The maximum Gasteiger partial charge on any atom is 0.235 e. The van der Waals surface area contributed by atoms with Gasteiger partial charge < -0.3 is 10.4 Å². The van der Waals surface area contributed by atoms with Crippen molar-refractivity contribution < 1.29 is 9.90 Å². The minimum Gasteiger partial charge on any atom is -0.396 e. The number of hydrogen-bond donors (Lipinski definition) is 2. The zero-order valence-corrected chi connectivity index (χ0v) is 12.1. The second kappa shape index (κ2) is 7.84. The third kappa shape index (κ3) is 5.44. The Morgan fingerprint density at radius 1 is 1.61 bits per heavy atom. The third-order valence-corrected chi connectivity index (χ3v) is 3.78. The molecular formula is C11H14Cl2N2O2S. The topological polar surface area (TPSA) is 62.2 Å². The molecule has 0 aliphatic rings. The number of carbonyl (C=O) groups excluding carboxylic acids is 1. The number of amides is 1. The SMILES string of the molecule is CC(CO)CSCC(=O)Nc1ncc(Cl)cc1Cl. The molecule has 0 bridgehead atoms. The maximum atomic E-state index is 11.6. The molecule has 0 aliphatic heterocycles. The Balaban J connectivity index is 2.40. The number of rotatable bonds is 6. The molecule has 4 nitrogen and oxygen atoms in total. The summed E-state index contributed by atoms with van der Waals surface area (Å²) in [4.78, 5) is 15.5. The van der Waals surface area contributed by atoms with E-state index in [9.17, 15) is 4.79 Å². The van der Waals surface area contributed by atoms with E-state index >= 15 is 0 Å². The molecule has 18 heavy (non-hydrogen) atoms. The molecule has 1 rings (SSSR count). The van der Waals surface area contributed by atoms with E-state index in [1.165, 1.54) is 24.0 Å². The quantitative estimate of drug-likeness (QED) is 0.848. The minimum absolute atomic E-state index is 0.124. The molecule has 1 aromatic rings. The van der Waals surface area contributed by atoms with Crippen molar-refractivity contribution in [2.24, 2.45) is 5.92 Å². The standard InChI is InChI=1S/C11H14Cl2N2O2S/c1-7(4-16)5-18-6-10(17)15-11-9(13)2-8(12)3-14-11/h2-3,7,16H,4-6H2,1H3,(H,14,15,17). The van der Waals surface area contributed by atoms with Crippen molar-refractivity contribution in [3.8, 4) is 0 Å². The molecule has 2 N–H and O–H groups in total. The number of aromatic nitrogens is 1.